The molecule has 3 aromatic rings. The lowest BCUT2D eigenvalue weighted by atomic mass is 10.1. The number of methoxy groups -OCH3 is 1. The number of allylic oxidation sites excluding steroid dienone is 1. The van der Waals surface area contributed by atoms with Crippen molar-refractivity contribution in [3.05, 3.63) is 56.4 Å². The number of rotatable bonds is 3. The van der Waals surface area contributed by atoms with Crippen LogP contribution in [0.2, 0.25) is 0 Å². The summed E-state index contributed by atoms with van der Waals surface area (Å²) in [5.74, 6) is 0.974. The molecule has 0 unspecified atom stereocenters. The van der Waals surface area contributed by atoms with Gasteiger partial charge in [0.1, 0.15) is 16.6 Å². The Morgan fingerprint density at radius 1 is 1.42 bits per heavy atom. The number of hydrogen-bond acceptors (Lipinski definition) is 5. The quantitative estimate of drug-likeness (QED) is 0.740. The molecule has 5 nitrogen and oxygen atoms in total. The smallest absolute Gasteiger partial charge is 0.260 e. The Balaban J connectivity index is 2.15. The number of nitriles is 1. The first kappa shape index (κ1) is 16.0. The summed E-state index contributed by atoms with van der Waals surface area (Å²) in [6.07, 6.45) is 1.68. The molecule has 120 valence electrons. The predicted octanol–water partition coefficient (Wildman–Crippen LogP) is 3.67. The average molecular weight is 337 g/mol. The summed E-state index contributed by atoms with van der Waals surface area (Å²) in [5.41, 5.74) is 1.81. The first-order valence-electron chi connectivity index (χ1n) is 7.29. The predicted molar refractivity (Wildman–Crippen MR) is 96.2 cm³/mol. The number of hydrogen-bond donors (Lipinski definition) is 1. The maximum absolute atomic E-state index is 12.4. The standard InChI is InChI=1S/C18H15N3O2S/c1-10-11(2)24-18-15(10)17(22)20-16(21-18)13(9-19)7-12-5-4-6-14(8-12)23-3/h4-8H,1-3H3,(H,20,21,22)/b13-7+. The van der Waals surface area contributed by atoms with E-state index in [1.165, 1.54) is 11.3 Å². The lowest BCUT2D eigenvalue weighted by Gasteiger charge is -2.02. The minimum absolute atomic E-state index is 0.219. The third-order valence-electron chi connectivity index (χ3n) is 3.82. The molecule has 0 aliphatic rings. The van der Waals surface area contributed by atoms with Gasteiger partial charge in [0.2, 0.25) is 0 Å². The van der Waals surface area contributed by atoms with Gasteiger partial charge in [-0.05, 0) is 43.2 Å². The molecule has 2 heterocycles. The summed E-state index contributed by atoms with van der Waals surface area (Å²) in [6, 6.07) is 9.44. The van der Waals surface area contributed by atoms with Gasteiger partial charge in [-0.3, -0.25) is 4.79 Å². The number of aromatic amines is 1. The van der Waals surface area contributed by atoms with E-state index >= 15 is 0 Å². The Bertz CT molecular complexity index is 1050. The molecule has 0 amide bonds. The van der Waals surface area contributed by atoms with Crippen molar-refractivity contribution >= 4 is 33.2 Å². The van der Waals surface area contributed by atoms with Crippen molar-refractivity contribution in [2.24, 2.45) is 0 Å². The molecule has 0 aliphatic heterocycles. The summed E-state index contributed by atoms with van der Waals surface area (Å²) in [7, 11) is 1.59. The fraction of sp³-hybridized carbons (Fsp3) is 0.167. The molecular formula is C18H15N3O2S. The Kier molecular flexibility index (Phi) is 4.19. The van der Waals surface area contributed by atoms with Crippen LogP contribution in [-0.4, -0.2) is 17.1 Å². The first-order valence-corrected chi connectivity index (χ1v) is 8.11. The molecule has 0 fully saturated rings. The lowest BCUT2D eigenvalue weighted by molar-refractivity contribution is 0.414. The largest absolute Gasteiger partial charge is 0.497 e. The number of nitrogens with zero attached hydrogens (tertiary/aromatic N) is 2. The highest BCUT2D eigenvalue weighted by atomic mass is 32.1. The van der Waals surface area contributed by atoms with Crippen molar-refractivity contribution in [2.75, 3.05) is 7.11 Å². The summed E-state index contributed by atoms with van der Waals surface area (Å²) < 4.78 is 5.18. The fourth-order valence-electron chi connectivity index (χ4n) is 2.43. The Morgan fingerprint density at radius 2 is 2.21 bits per heavy atom. The number of nitrogens with one attached hydrogen (secondary N) is 1. The van der Waals surface area contributed by atoms with E-state index < -0.39 is 0 Å². The van der Waals surface area contributed by atoms with Crippen LogP contribution in [0.15, 0.2) is 29.1 Å². The SMILES string of the molecule is COc1cccc(/C=C(\C#N)c2nc3sc(C)c(C)c3c(=O)[nH]2)c1. The van der Waals surface area contributed by atoms with Crippen molar-refractivity contribution in [1.29, 1.82) is 5.26 Å². The molecule has 1 N–H and O–H groups in total. The van der Waals surface area contributed by atoms with Gasteiger partial charge in [0.15, 0.2) is 5.82 Å². The van der Waals surface area contributed by atoms with Crippen LogP contribution in [0.25, 0.3) is 21.9 Å². The van der Waals surface area contributed by atoms with Crippen LogP contribution in [0, 0.1) is 25.2 Å². The maximum Gasteiger partial charge on any atom is 0.260 e. The molecular weight excluding hydrogens is 322 g/mol. The molecule has 2 aromatic heterocycles. The van der Waals surface area contributed by atoms with Crippen LogP contribution in [0.3, 0.4) is 0 Å². The molecule has 0 spiro atoms. The van der Waals surface area contributed by atoms with Crippen LogP contribution in [0.1, 0.15) is 21.8 Å². The molecule has 0 atom stereocenters. The van der Waals surface area contributed by atoms with Crippen LogP contribution in [0.4, 0.5) is 0 Å². The summed E-state index contributed by atoms with van der Waals surface area (Å²) >= 11 is 1.46. The highest BCUT2D eigenvalue weighted by Gasteiger charge is 2.13. The average Bonchev–Trinajstić information content (AvgIpc) is 2.87. The van der Waals surface area contributed by atoms with Gasteiger partial charge >= 0.3 is 0 Å². The van der Waals surface area contributed by atoms with Crippen molar-refractivity contribution in [3.8, 4) is 11.8 Å². The number of ether oxygens (including phenoxy) is 1. The zero-order valence-corrected chi connectivity index (χ0v) is 14.3. The number of thiophene rings is 1. The number of fused-ring (bicyclic) bond motifs is 1. The molecule has 6 heteroatoms. The normalized spacial score (nSPS) is 11.5. The van der Waals surface area contributed by atoms with Crippen molar-refractivity contribution < 1.29 is 4.74 Å². The van der Waals surface area contributed by atoms with Crippen molar-refractivity contribution in [2.45, 2.75) is 13.8 Å². The molecule has 0 saturated carbocycles. The number of benzene rings is 1. The van der Waals surface area contributed by atoms with E-state index in [4.69, 9.17) is 4.74 Å². The van der Waals surface area contributed by atoms with E-state index in [0.29, 0.717) is 21.5 Å². The minimum atomic E-state index is -0.219. The van der Waals surface area contributed by atoms with Gasteiger partial charge in [0.05, 0.1) is 18.1 Å². The molecule has 24 heavy (non-hydrogen) atoms. The van der Waals surface area contributed by atoms with Gasteiger partial charge in [0, 0.05) is 4.88 Å². The monoisotopic (exact) mass is 337 g/mol. The fourth-order valence-corrected chi connectivity index (χ4v) is 3.46. The topological polar surface area (TPSA) is 78.8 Å². The van der Waals surface area contributed by atoms with E-state index in [-0.39, 0.29) is 11.4 Å². The molecule has 0 bridgehead atoms. The van der Waals surface area contributed by atoms with E-state index in [1.807, 2.05) is 38.1 Å². The minimum Gasteiger partial charge on any atom is -0.497 e. The zero-order valence-electron chi connectivity index (χ0n) is 13.5. The van der Waals surface area contributed by atoms with Gasteiger partial charge in [-0.25, -0.2) is 4.98 Å². The van der Waals surface area contributed by atoms with Crippen LogP contribution in [-0.2, 0) is 0 Å². The van der Waals surface area contributed by atoms with E-state index in [2.05, 4.69) is 16.0 Å². The number of aromatic nitrogens is 2. The Labute approximate surface area is 142 Å². The second-order valence-electron chi connectivity index (χ2n) is 5.32. The molecule has 3 rings (SSSR count). The van der Waals surface area contributed by atoms with E-state index in [0.717, 1.165) is 16.0 Å². The Hall–Kier alpha value is -2.91. The van der Waals surface area contributed by atoms with Crippen molar-refractivity contribution in [1.82, 2.24) is 9.97 Å². The van der Waals surface area contributed by atoms with Gasteiger partial charge < -0.3 is 9.72 Å². The second-order valence-corrected chi connectivity index (χ2v) is 6.53. The zero-order chi connectivity index (χ0) is 17.3. The number of aryl methyl sites for hydroxylation is 2. The highest BCUT2D eigenvalue weighted by Crippen LogP contribution is 2.27. The van der Waals surface area contributed by atoms with Gasteiger partial charge in [0.25, 0.3) is 5.56 Å². The molecule has 0 saturated heterocycles. The second kappa shape index (κ2) is 6.30. The summed E-state index contributed by atoms with van der Waals surface area (Å²) in [6.45, 7) is 3.86. The third kappa shape index (κ3) is 2.82. The highest BCUT2D eigenvalue weighted by molar-refractivity contribution is 7.18. The van der Waals surface area contributed by atoms with Crippen LogP contribution in [0.5, 0.6) is 5.75 Å². The summed E-state index contributed by atoms with van der Waals surface area (Å²) in [4.78, 5) is 21.3. The van der Waals surface area contributed by atoms with E-state index in [9.17, 15) is 10.1 Å². The third-order valence-corrected chi connectivity index (χ3v) is 4.92. The van der Waals surface area contributed by atoms with Gasteiger partial charge in [-0.15, -0.1) is 11.3 Å². The van der Waals surface area contributed by atoms with Crippen LogP contribution < -0.4 is 10.3 Å². The Morgan fingerprint density at radius 3 is 2.92 bits per heavy atom. The molecule has 0 radical (unpaired) electrons. The van der Waals surface area contributed by atoms with Crippen molar-refractivity contribution in [3.63, 3.8) is 0 Å². The van der Waals surface area contributed by atoms with E-state index in [1.54, 1.807) is 13.2 Å². The molecule has 1 aromatic carbocycles. The number of H-pyrrole nitrogens is 1. The van der Waals surface area contributed by atoms with Gasteiger partial charge in [-0.2, -0.15) is 5.26 Å². The summed E-state index contributed by atoms with van der Waals surface area (Å²) in [5, 5.41) is 10.1. The van der Waals surface area contributed by atoms with Gasteiger partial charge in [-0.1, -0.05) is 12.1 Å². The molecule has 0 aliphatic carbocycles. The lowest BCUT2D eigenvalue weighted by Crippen LogP contribution is -2.10. The van der Waals surface area contributed by atoms with Crippen LogP contribution >= 0.6 is 11.3 Å². The first-order chi connectivity index (χ1) is 11.5. The maximum atomic E-state index is 12.4.